The van der Waals surface area contributed by atoms with Gasteiger partial charge in [-0.15, -0.1) is 23.1 Å². The Labute approximate surface area is 212 Å². The van der Waals surface area contributed by atoms with Gasteiger partial charge in [0.1, 0.15) is 29.4 Å². The number of aromatic nitrogens is 1. The number of thioether (sulfide) groups is 1. The number of aliphatic carboxylic acids is 1. The fourth-order valence-electron chi connectivity index (χ4n) is 3.77. The summed E-state index contributed by atoms with van der Waals surface area (Å²) in [6.45, 7) is 1.90. The number of benzene rings is 1. The Morgan fingerprint density at radius 1 is 1.25 bits per heavy atom. The van der Waals surface area contributed by atoms with Crippen molar-refractivity contribution < 1.29 is 34.2 Å². The highest BCUT2D eigenvalue weighted by atomic mass is 32.2. The first-order chi connectivity index (χ1) is 17.2. The van der Waals surface area contributed by atoms with Crippen molar-refractivity contribution in [2.75, 3.05) is 18.1 Å². The SMILES string of the molecule is CCON=C(C(=O)N[C@@H]1C(=O)N2C(C(=O)O)=C(Cc3ccc(C(=O)O)cc3)CS[C@H]12)c1csc(N)n1. The van der Waals surface area contributed by atoms with Crippen molar-refractivity contribution in [3.8, 4) is 0 Å². The van der Waals surface area contributed by atoms with Crippen LogP contribution in [0.4, 0.5) is 5.13 Å². The van der Waals surface area contributed by atoms with Crippen LogP contribution in [0.15, 0.2) is 46.1 Å². The normalized spacial score (nSPS) is 19.4. The maximum Gasteiger partial charge on any atom is 0.352 e. The predicted octanol–water partition coefficient (Wildman–Crippen LogP) is 1.15. The summed E-state index contributed by atoms with van der Waals surface area (Å²) in [5, 5.41) is 26.5. The molecule has 14 heteroatoms. The van der Waals surface area contributed by atoms with Crippen LogP contribution in [0.1, 0.15) is 28.5 Å². The molecule has 2 aliphatic heterocycles. The maximum atomic E-state index is 13.0. The van der Waals surface area contributed by atoms with Crippen molar-refractivity contribution >= 4 is 57.7 Å². The van der Waals surface area contributed by atoms with Gasteiger partial charge < -0.3 is 26.1 Å². The molecule has 1 saturated heterocycles. The van der Waals surface area contributed by atoms with Gasteiger partial charge in [0.2, 0.25) is 0 Å². The van der Waals surface area contributed by atoms with Crippen LogP contribution in [-0.4, -0.2) is 73.3 Å². The molecule has 0 radical (unpaired) electrons. The number of β-lactam (4-membered cyclic amide) rings is 1. The van der Waals surface area contributed by atoms with Crippen molar-refractivity contribution in [1.82, 2.24) is 15.2 Å². The van der Waals surface area contributed by atoms with E-state index >= 15 is 0 Å². The number of carbonyl (C=O) groups excluding carboxylic acids is 2. The van der Waals surface area contributed by atoms with Crippen LogP contribution in [-0.2, 0) is 25.6 Å². The third kappa shape index (κ3) is 4.90. The topological polar surface area (TPSA) is 185 Å². The van der Waals surface area contributed by atoms with Gasteiger partial charge in [-0.1, -0.05) is 17.3 Å². The van der Waals surface area contributed by atoms with Gasteiger partial charge in [0, 0.05) is 11.1 Å². The highest BCUT2D eigenvalue weighted by Gasteiger charge is 2.54. The number of rotatable bonds is 9. The zero-order chi connectivity index (χ0) is 26.0. The number of nitrogens with zero attached hydrogens (tertiary/aromatic N) is 3. The number of nitrogen functional groups attached to an aromatic ring is 1. The van der Waals surface area contributed by atoms with Gasteiger partial charge in [-0.05, 0) is 36.6 Å². The summed E-state index contributed by atoms with van der Waals surface area (Å²) in [4.78, 5) is 59.3. The number of oxime groups is 1. The summed E-state index contributed by atoms with van der Waals surface area (Å²) in [7, 11) is 0. The number of aromatic carboxylic acids is 1. The van der Waals surface area contributed by atoms with Gasteiger partial charge in [0.15, 0.2) is 10.8 Å². The Bertz CT molecular complexity index is 1290. The molecule has 0 saturated carbocycles. The minimum Gasteiger partial charge on any atom is -0.478 e. The molecule has 0 bridgehead atoms. The number of hydrogen-bond donors (Lipinski definition) is 4. The molecule has 36 heavy (non-hydrogen) atoms. The van der Waals surface area contributed by atoms with E-state index in [1.807, 2.05) is 0 Å². The number of nitrogens with one attached hydrogen (secondary N) is 1. The van der Waals surface area contributed by atoms with Gasteiger partial charge in [-0.3, -0.25) is 14.5 Å². The number of hydrogen-bond acceptors (Lipinski definition) is 10. The Morgan fingerprint density at radius 3 is 2.56 bits per heavy atom. The van der Waals surface area contributed by atoms with E-state index in [4.69, 9.17) is 15.7 Å². The number of fused-ring (bicyclic) bond motifs is 1. The van der Waals surface area contributed by atoms with Crippen molar-refractivity contribution in [3.63, 3.8) is 0 Å². The lowest BCUT2D eigenvalue weighted by atomic mass is 9.98. The predicted molar refractivity (Wildman–Crippen MR) is 131 cm³/mol. The number of amides is 2. The minimum absolute atomic E-state index is 0.119. The first-order valence-corrected chi connectivity index (χ1v) is 12.6. The van der Waals surface area contributed by atoms with Crippen LogP contribution < -0.4 is 11.1 Å². The van der Waals surface area contributed by atoms with Crippen molar-refractivity contribution in [3.05, 3.63) is 57.7 Å². The van der Waals surface area contributed by atoms with Crippen LogP contribution in [0.25, 0.3) is 0 Å². The molecule has 2 amide bonds. The molecule has 4 rings (SSSR count). The molecule has 1 aromatic carbocycles. The van der Waals surface area contributed by atoms with Crippen molar-refractivity contribution in [2.24, 2.45) is 5.16 Å². The van der Waals surface area contributed by atoms with E-state index in [2.05, 4.69) is 15.5 Å². The zero-order valence-corrected chi connectivity index (χ0v) is 20.5. The molecule has 1 fully saturated rings. The van der Waals surface area contributed by atoms with Crippen LogP contribution in [0.3, 0.4) is 0 Å². The lowest BCUT2D eigenvalue weighted by Gasteiger charge is -2.49. The molecular weight excluding hydrogens is 510 g/mol. The second kappa shape index (κ2) is 10.4. The number of nitrogens with two attached hydrogens (primary N) is 1. The lowest BCUT2D eigenvalue weighted by molar-refractivity contribution is -0.150. The summed E-state index contributed by atoms with van der Waals surface area (Å²) < 4.78 is 0. The third-order valence-electron chi connectivity index (χ3n) is 5.42. The Hall–Kier alpha value is -3.91. The third-order valence-corrected chi connectivity index (χ3v) is 7.43. The van der Waals surface area contributed by atoms with E-state index in [0.717, 1.165) is 11.3 Å². The van der Waals surface area contributed by atoms with Crippen LogP contribution in [0.2, 0.25) is 0 Å². The smallest absolute Gasteiger partial charge is 0.352 e. The average Bonchev–Trinajstić information content (AvgIpc) is 3.28. The number of carboxylic acids is 2. The first kappa shape index (κ1) is 25.2. The summed E-state index contributed by atoms with van der Waals surface area (Å²) in [6, 6.07) is 5.14. The number of thiazole rings is 1. The van der Waals surface area contributed by atoms with E-state index in [1.54, 1.807) is 19.1 Å². The molecule has 1 aromatic heterocycles. The first-order valence-electron chi connectivity index (χ1n) is 10.7. The van der Waals surface area contributed by atoms with E-state index in [1.165, 1.54) is 34.2 Å². The molecule has 0 unspecified atom stereocenters. The van der Waals surface area contributed by atoms with Gasteiger partial charge in [-0.2, -0.15) is 0 Å². The highest BCUT2D eigenvalue weighted by Crippen LogP contribution is 2.41. The molecule has 2 aliphatic rings. The zero-order valence-electron chi connectivity index (χ0n) is 18.8. The van der Waals surface area contributed by atoms with Crippen LogP contribution >= 0.6 is 23.1 Å². The summed E-state index contributed by atoms with van der Waals surface area (Å²) >= 11 is 2.44. The Morgan fingerprint density at radius 2 is 1.97 bits per heavy atom. The van der Waals surface area contributed by atoms with Gasteiger partial charge in [0.25, 0.3) is 11.8 Å². The number of carbonyl (C=O) groups is 4. The molecule has 0 spiro atoms. The highest BCUT2D eigenvalue weighted by molar-refractivity contribution is 8.00. The Kier molecular flexibility index (Phi) is 7.26. The molecule has 2 atom stereocenters. The number of anilines is 1. The summed E-state index contributed by atoms with van der Waals surface area (Å²) in [5.41, 5.74) is 6.93. The fourth-order valence-corrected chi connectivity index (χ4v) is 5.66. The van der Waals surface area contributed by atoms with Gasteiger partial charge >= 0.3 is 11.9 Å². The van der Waals surface area contributed by atoms with E-state index in [0.29, 0.717) is 16.9 Å². The maximum absolute atomic E-state index is 13.0. The lowest BCUT2D eigenvalue weighted by Crippen LogP contribution is -2.71. The largest absolute Gasteiger partial charge is 0.478 e. The van der Waals surface area contributed by atoms with Gasteiger partial charge in [-0.25, -0.2) is 14.6 Å². The molecular formula is C22H21N5O7S2. The van der Waals surface area contributed by atoms with Crippen LogP contribution in [0, 0.1) is 0 Å². The second-order valence-electron chi connectivity index (χ2n) is 7.73. The quantitative estimate of drug-likeness (QED) is 0.208. The van der Waals surface area contributed by atoms with Crippen LogP contribution in [0.5, 0.6) is 0 Å². The van der Waals surface area contributed by atoms with E-state index in [9.17, 15) is 24.3 Å². The second-order valence-corrected chi connectivity index (χ2v) is 9.72. The molecule has 12 nitrogen and oxygen atoms in total. The van der Waals surface area contributed by atoms with E-state index < -0.39 is 35.2 Å². The summed E-state index contributed by atoms with van der Waals surface area (Å²) in [5.74, 6) is -3.27. The molecule has 2 aromatic rings. The molecule has 188 valence electrons. The standard InChI is InChI=1S/C22H21N5O7S2/c1-2-34-26-14(13-9-36-22(23)24-13)17(28)25-15-18(29)27-16(21(32)33)12(8-35-19(15)27)7-10-3-5-11(6-4-10)20(30)31/h3-6,9,15,19H,2,7-8H2,1H3,(H2,23,24)(H,25,28)(H,30,31)(H,32,33)/t15-,19-/m1/s1. The van der Waals surface area contributed by atoms with Crippen molar-refractivity contribution in [1.29, 1.82) is 0 Å². The summed E-state index contributed by atoms with van der Waals surface area (Å²) in [6.07, 6.45) is 0.235. The fraction of sp³-hybridized carbons (Fsp3) is 0.273. The van der Waals surface area contributed by atoms with Gasteiger partial charge in [0.05, 0.1) is 5.56 Å². The minimum atomic E-state index is -1.26. The van der Waals surface area contributed by atoms with Crippen molar-refractivity contribution in [2.45, 2.75) is 24.8 Å². The Balaban J connectivity index is 1.52. The molecule has 3 heterocycles. The average molecular weight is 532 g/mol. The molecule has 5 N–H and O–H groups in total. The van der Waals surface area contributed by atoms with E-state index in [-0.39, 0.29) is 40.8 Å². The molecule has 0 aliphatic carbocycles. The monoisotopic (exact) mass is 531 g/mol. The number of carboxylic acid groups (broad SMARTS) is 2.